The molecule has 0 aliphatic rings. The standard InChI is InChI=1S/C17H23N/c1-6-8-14-18(13-7-2)16-12-10-9-11-15(16)17(3,4)5/h6-14H,1H2,2-5H3/b13-7-,14-8-. The van der Waals surface area contributed by atoms with Gasteiger partial charge in [0.25, 0.3) is 0 Å². The molecule has 0 aliphatic carbocycles. The van der Waals surface area contributed by atoms with E-state index in [1.165, 1.54) is 11.3 Å². The second-order valence-electron chi connectivity index (χ2n) is 5.23. The fourth-order valence-electron chi connectivity index (χ4n) is 1.86. The summed E-state index contributed by atoms with van der Waals surface area (Å²) < 4.78 is 0. The maximum absolute atomic E-state index is 3.72. The van der Waals surface area contributed by atoms with Crippen LogP contribution in [0.25, 0.3) is 0 Å². The van der Waals surface area contributed by atoms with Gasteiger partial charge in [-0.25, -0.2) is 0 Å². The Morgan fingerprint density at radius 1 is 1.11 bits per heavy atom. The van der Waals surface area contributed by atoms with E-state index in [4.69, 9.17) is 0 Å². The third-order valence-corrected chi connectivity index (χ3v) is 2.68. The normalized spacial score (nSPS) is 12.2. The van der Waals surface area contributed by atoms with Crippen LogP contribution in [-0.2, 0) is 5.41 Å². The van der Waals surface area contributed by atoms with E-state index < -0.39 is 0 Å². The summed E-state index contributed by atoms with van der Waals surface area (Å²) in [6, 6.07) is 8.50. The van der Waals surface area contributed by atoms with Gasteiger partial charge in [-0.1, -0.05) is 57.7 Å². The number of nitrogens with zero attached hydrogens (tertiary/aromatic N) is 1. The van der Waals surface area contributed by atoms with E-state index in [9.17, 15) is 0 Å². The van der Waals surface area contributed by atoms with Crippen molar-refractivity contribution in [2.24, 2.45) is 0 Å². The number of allylic oxidation sites excluding steroid dienone is 3. The topological polar surface area (TPSA) is 3.24 Å². The molecule has 1 rings (SSSR count). The summed E-state index contributed by atoms with van der Waals surface area (Å²) in [5, 5.41) is 0. The number of anilines is 1. The van der Waals surface area contributed by atoms with Gasteiger partial charge in [-0.2, -0.15) is 0 Å². The van der Waals surface area contributed by atoms with Crippen LogP contribution in [0, 0.1) is 0 Å². The zero-order valence-electron chi connectivity index (χ0n) is 11.9. The lowest BCUT2D eigenvalue weighted by molar-refractivity contribution is 0.591. The van der Waals surface area contributed by atoms with E-state index in [0.29, 0.717) is 0 Å². The average molecular weight is 241 g/mol. The third-order valence-electron chi connectivity index (χ3n) is 2.68. The van der Waals surface area contributed by atoms with E-state index >= 15 is 0 Å². The van der Waals surface area contributed by atoms with Crippen LogP contribution in [-0.4, -0.2) is 0 Å². The first kappa shape index (κ1) is 14.3. The monoisotopic (exact) mass is 241 g/mol. The second-order valence-corrected chi connectivity index (χ2v) is 5.23. The van der Waals surface area contributed by atoms with Crippen LogP contribution in [0.5, 0.6) is 0 Å². The number of para-hydroxylation sites is 1. The summed E-state index contributed by atoms with van der Waals surface area (Å²) in [6.07, 6.45) is 9.85. The summed E-state index contributed by atoms with van der Waals surface area (Å²) in [5.41, 5.74) is 2.66. The Hall–Kier alpha value is -1.76. The second kappa shape index (κ2) is 6.25. The summed E-state index contributed by atoms with van der Waals surface area (Å²) in [6.45, 7) is 12.4. The van der Waals surface area contributed by atoms with Crippen molar-refractivity contribution in [3.63, 3.8) is 0 Å². The molecule has 96 valence electrons. The highest BCUT2D eigenvalue weighted by Gasteiger charge is 2.18. The molecule has 0 saturated heterocycles. The van der Waals surface area contributed by atoms with Crippen molar-refractivity contribution in [3.8, 4) is 0 Å². The minimum Gasteiger partial charge on any atom is -0.324 e. The van der Waals surface area contributed by atoms with Gasteiger partial charge in [0.1, 0.15) is 0 Å². The molecule has 0 aromatic heterocycles. The van der Waals surface area contributed by atoms with Gasteiger partial charge in [0.05, 0.1) is 0 Å². The van der Waals surface area contributed by atoms with Crippen molar-refractivity contribution < 1.29 is 0 Å². The Labute approximate surface area is 111 Å². The van der Waals surface area contributed by atoms with Crippen LogP contribution in [0.1, 0.15) is 33.3 Å². The molecule has 1 aromatic carbocycles. The Morgan fingerprint density at radius 3 is 2.33 bits per heavy atom. The largest absolute Gasteiger partial charge is 0.324 e. The molecule has 1 heteroatoms. The summed E-state index contributed by atoms with van der Waals surface area (Å²) >= 11 is 0. The van der Waals surface area contributed by atoms with Crippen LogP contribution in [0.3, 0.4) is 0 Å². The zero-order valence-corrected chi connectivity index (χ0v) is 11.9. The lowest BCUT2D eigenvalue weighted by atomic mass is 9.85. The summed E-state index contributed by atoms with van der Waals surface area (Å²) in [4.78, 5) is 2.13. The van der Waals surface area contributed by atoms with Crippen LogP contribution >= 0.6 is 0 Å². The smallest absolute Gasteiger partial charge is 0.0486 e. The van der Waals surface area contributed by atoms with Crippen LogP contribution in [0.4, 0.5) is 5.69 Å². The highest BCUT2D eigenvalue weighted by Crippen LogP contribution is 2.32. The number of hydrogen-bond acceptors (Lipinski definition) is 1. The van der Waals surface area contributed by atoms with Gasteiger partial charge in [-0.15, -0.1) is 0 Å². The molecule has 18 heavy (non-hydrogen) atoms. The number of rotatable bonds is 4. The Bertz CT molecular complexity index is 447. The first-order valence-electron chi connectivity index (χ1n) is 6.30. The summed E-state index contributed by atoms with van der Waals surface area (Å²) in [7, 11) is 0. The molecule has 1 nitrogen and oxygen atoms in total. The average Bonchev–Trinajstić information content (AvgIpc) is 2.33. The molecule has 0 N–H and O–H groups in total. The zero-order chi connectivity index (χ0) is 13.6. The lowest BCUT2D eigenvalue weighted by Crippen LogP contribution is -2.17. The molecular formula is C17H23N. The van der Waals surface area contributed by atoms with E-state index in [-0.39, 0.29) is 5.41 Å². The highest BCUT2D eigenvalue weighted by molar-refractivity contribution is 5.60. The Kier molecular flexibility index (Phi) is 4.96. The molecule has 0 saturated carbocycles. The van der Waals surface area contributed by atoms with Crippen molar-refractivity contribution in [2.75, 3.05) is 4.90 Å². The summed E-state index contributed by atoms with van der Waals surface area (Å²) in [5.74, 6) is 0. The maximum Gasteiger partial charge on any atom is 0.0486 e. The number of hydrogen-bond donors (Lipinski definition) is 0. The van der Waals surface area contributed by atoms with E-state index in [2.05, 4.69) is 62.7 Å². The van der Waals surface area contributed by atoms with Crippen molar-refractivity contribution in [2.45, 2.75) is 33.1 Å². The SMILES string of the molecule is C=C/C=C\N(/C=C\C)c1ccccc1C(C)(C)C. The van der Waals surface area contributed by atoms with Gasteiger partial charge >= 0.3 is 0 Å². The van der Waals surface area contributed by atoms with Crippen molar-refractivity contribution >= 4 is 5.69 Å². The van der Waals surface area contributed by atoms with Gasteiger partial charge in [0, 0.05) is 18.1 Å². The molecule has 0 radical (unpaired) electrons. The maximum atomic E-state index is 3.72. The molecule has 0 heterocycles. The predicted molar refractivity (Wildman–Crippen MR) is 81.8 cm³/mol. The first-order chi connectivity index (χ1) is 8.50. The molecule has 0 unspecified atom stereocenters. The van der Waals surface area contributed by atoms with Crippen LogP contribution < -0.4 is 4.90 Å². The molecule has 0 amide bonds. The van der Waals surface area contributed by atoms with Crippen LogP contribution in [0.2, 0.25) is 0 Å². The van der Waals surface area contributed by atoms with Gasteiger partial charge in [-0.05, 0) is 30.0 Å². The van der Waals surface area contributed by atoms with Gasteiger partial charge in [0.2, 0.25) is 0 Å². The molecular weight excluding hydrogens is 218 g/mol. The van der Waals surface area contributed by atoms with Crippen molar-refractivity contribution in [1.29, 1.82) is 0 Å². The molecule has 0 fully saturated rings. The fourth-order valence-corrected chi connectivity index (χ4v) is 1.86. The molecule has 0 spiro atoms. The molecule has 0 aliphatic heterocycles. The van der Waals surface area contributed by atoms with E-state index in [0.717, 1.165) is 0 Å². The Morgan fingerprint density at radius 2 is 1.78 bits per heavy atom. The quantitative estimate of drug-likeness (QED) is 0.669. The lowest BCUT2D eigenvalue weighted by Gasteiger charge is -2.27. The highest BCUT2D eigenvalue weighted by atomic mass is 15.1. The minimum absolute atomic E-state index is 0.123. The van der Waals surface area contributed by atoms with Gasteiger partial charge in [-0.3, -0.25) is 0 Å². The van der Waals surface area contributed by atoms with Gasteiger partial charge in [0.15, 0.2) is 0 Å². The number of benzene rings is 1. The molecule has 0 bridgehead atoms. The van der Waals surface area contributed by atoms with Crippen molar-refractivity contribution in [1.82, 2.24) is 0 Å². The van der Waals surface area contributed by atoms with E-state index in [1.807, 2.05) is 25.3 Å². The van der Waals surface area contributed by atoms with Crippen LogP contribution in [0.15, 0.2) is 61.5 Å². The first-order valence-corrected chi connectivity index (χ1v) is 6.30. The molecule has 0 atom stereocenters. The van der Waals surface area contributed by atoms with Crippen molar-refractivity contribution in [3.05, 3.63) is 67.0 Å². The Balaban J connectivity index is 3.28. The fraction of sp³-hybridized carbons (Fsp3) is 0.294. The minimum atomic E-state index is 0.123. The van der Waals surface area contributed by atoms with Gasteiger partial charge < -0.3 is 4.90 Å². The third kappa shape index (κ3) is 3.63. The molecule has 1 aromatic rings. The van der Waals surface area contributed by atoms with E-state index in [1.54, 1.807) is 6.08 Å². The predicted octanol–water partition coefficient (Wildman–Crippen LogP) is 5.02.